The molecule has 0 aliphatic heterocycles. The van der Waals surface area contributed by atoms with Crippen molar-refractivity contribution in [3.8, 4) is 11.6 Å². The Bertz CT molecular complexity index is 908. The molecular weight excluding hydrogens is 327 g/mol. The van der Waals surface area contributed by atoms with E-state index in [1.165, 1.54) is 60.9 Å². The molecule has 1 aliphatic rings. The second-order valence-corrected chi connectivity index (χ2v) is 7.39. The number of pyridine rings is 1. The number of aryl methyl sites for hydroxylation is 1. The minimum Gasteiger partial charge on any atom is -0.437 e. The average Bonchev–Trinajstić information content (AvgIpc) is 2.90. The molecule has 3 aromatic rings. The molecule has 0 unspecified atom stereocenters. The zero-order chi connectivity index (χ0) is 18.1. The SMILES string of the molecule is Cc1c(C)n(CC2CCCCC2)c2c(Oc3ccc(F)cc3)nccc12. The lowest BCUT2D eigenvalue weighted by atomic mass is 9.89. The summed E-state index contributed by atoms with van der Waals surface area (Å²) in [4.78, 5) is 4.50. The van der Waals surface area contributed by atoms with Crippen LogP contribution in [0, 0.1) is 25.6 Å². The second kappa shape index (κ2) is 7.10. The van der Waals surface area contributed by atoms with Gasteiger partial charge in [0, 0.05) is 23.8 Å². The van der Waals surface area contributed by atoms with Crippen LogP contribution in [-0.2, 0) is 6.54 Å². The summed E-state index contributed by atoms with van der Waals surface area (Å²) in [5.41, 5.74) is 3.61. The van der Waals surface area contributed by atoms with Gasteiger partial charge >= 0.3 is 0 Å². The van der Waals surface area contributed by atoms with Gasteiger partial charge in [-0.1, -0.05) is 19.3 Å². The first-order valence-corrected chi connectivity index (χ1v) is 9.51. The van der Waals surface area contributed by atoms with Gasteiger partial charge in [-0.05, 0) is 68.5 Å². The Hall–Kier alpha value is -2.36. The Morgan fingerprint density at radius 3 is 2.54 bits per heavy atom. The molecule has 1 aromatic carbocycles. The lowest BCUT2D eigenvalue weighted by molar-refractivity contribution is 0.320. The Balaban J connectivity index is 1.75. The highest BCUT2D eigenvalue weighted by Gasteiger charge is 2.21. The highest BCUT2D eigenvalue weighted by molar-refractivity contribution is 5.89. The van der Waals surface area contributed by atoms with Gasteiger partial charge in [-0.2, -0.15) is 0 Å². The van der Waals surface area contributed by atoms with Crippen LogP contribution in [0.15, 0.2) is 36.5 Å². The fourth-order valence-corrected chi connectivity index (χ4v) is 4.11. The number of halogens is 1. The lowest BCUT2D eigenvalue weighted by Gasteiger charge is -2.23. The summed E-state index contributed by atoms with van der Waals surface area (Å²) in [6, 6.07) is 8.17. The van der Waals surface area contributed by atoms with Crippen LogP contribution in [0.25, 0.3) is 10.9 Å². The maximum atomic E-state index is 13.2. The minimum atomic E-state index is -0.268. The van der Waals surface area contributed by atoms with Crippen LogP contribution in [0.2, 0.25) is 0 Å². The van der Waals surface area contributed by atoms with E-state index < -0.39 is 0 Å². The van der Waals surface area contributed by atoms with Gasteiger partial charge in [0.25, 0.3) is 0 Å². The molecule has 4 rings (SSSR count). The number of benzene rings is 1. The summed E-state index contributed by atoms with van der Waals surface area (Å²) in [6.45, 7) is 5.36. The summed E-state index contributed by atoms with van der Waals surface area (Å²) in [5, 5.41) is 1.19. The van der Waals surface area contributed by atoms with Crippen LogP contribution < -0.4 is 4.74 Å². The number of ether oxygens (including phenoxy) is 1. The van der Waals surface area contributed by atoms with Crippen molar-refractivity contribution in [3.05, 3.63) is 53.6 Å². The fraction of sp³-hybridized carbons (Fsp3) is 0.409. The number of aromatic nitrogens is 2. The summed E-state index contributed by atoms with van der Waals surface area (Å²) in [7, 11) is 0. The number of nitrogens with zero attached hydrogens (tertiary/aromatic N) is 2. The standard InChI is InChI=1S/C22H25FN2O/c1-15-16(2)25(14-17-6-4-3-5-7-17)21-20(15)12-13-24-22(21)26-19-10-8-18(23)9-11-19/h8-13,17H,3-7,14H2,1-2H3. The van der Waals surface area contributed by atoms with Crippen LogP contribution in [0.4, 0.5) is 4.39 Å². The Morgan fingerprint density at radius 2 is 1.81 bits per heavy atom. The predicted octanol–water partition coefficient (Wildman–Crippen LogP) is 6.16. The molecule has 0 radical (unpaired) electrons. The van der Waals surface area contributed by atoms with Crippen LogP contribution in [0.5, 0.6) is 11.6 Å². The Labute approximate surface area is 153 Å². The number of rotatable bonds is 4. The molecule has 1 aliphatic carbocycles. The van der Waals surface area contributed by atoms with Gasteiger partial charge in [-0.3, -0.25) is 0 Å². The summed E-state index contributed by atoms with van der Waals surface area (Å²) < 4.78 is 21.6. The molecule has 3 nitrogen and oxygen atoms in total. The van der Waals surface area contributed by atoms with Crippen LogP contribution in [0.3, 0.4) is 0 Å². The van der Waals surface area contributed by atoms with Crippen molar-refractivity contribution < 1.29 is 9.13 Å². The summed E-state index contributed by atoms with van der Waals surface area (Å²) in [6.07, 6.45) is 8.41. The summed E-state index contributed by atoms with van der Waals surface area (Å²) >= 11 is 0. The van der Waals surface area contributed by atoms with Crippen molar-refractivity contribution >= 4 is 10.9 Å². The van der Waals surface area contributed by atoms with E-state index >= 15 is 0 Å². The van der Waals surface area contributed by atoms with Crippen molar-refractivity contribution in [3.63, 3.8) is 0 Å². The van der Waals surface area contributed by atoms with Crippen molar-refractivity contribution in [2.75, 3.05) is 0 Å². The molecule has 1 fully saturated rings. The maximum absolute atomic E-state index is 13.2. The lowest BCUT2D eigenvalue weighted by Crippen LogP contribution is -2.15. The van der Waals surface area contributed by atoms with E-state index in [4.69, 9.17) is 4.74 Å². The molecule has 4 heteroatoms. The highest BCUT2D eigenvalue weighted by atomic mass is 19.1. The second-order valence-electron chi connectivity index (χ2n) is 7.39. The van der Waals surface area contributed by atoms with Gasteiger partial charge in [0.15, 0.2) is 0 Å². The van der Waals surface area contributed by atoms with E-state index in [0.717, 1.165) is 18.0 Å². The Morgan fingerprint density at radius 1 is 1.08 bits per heavy atom. The third-order valence-electron chi connectivity index (χ3n) is 5.71. The molecule has 1 saturated carbocycles. The first kappa shape index (κ1) is 17.1. The van der Waals surface area contributed by atoms with Gasteiger partial charge < -0.3 is 9.30 Å². The molecule has 0 amide bonds. The van der Waals surface area contributed by atoms with Gasteiger partial charge in [0.05, 0.1) is 0 Å². The topological polar surface area (TPSA) is 27.1 Å². The molecule has 0 spiro atoms. The molecule has 0 N–H and O–H groups in total. The highest BCUT2D eigenvalue weighted by Crippen LogP contribution is 2.35. The molecule has 0 bridgehead atoms. The first-order chi connectivity index (χ1) is 12.6. The van der Waals surface area contributed by atoms with E-state index in [1.54, 1.807) is 18.3 Å². The zero-order valence-corrected chi connectivity index (χ0v) is 15.5. The normalized spacial score (nSPS) is 15.5. The van der Waals surface area contributed by atoms with Gasteiger partial charge in [-0.15, -0.1) is 0 Å². The van der Waals surface area contributed by atoms with Crippen molar-refractivity contribution in [2.45, 2.75) is 52.5 Å². The van der Waals surface area contributed by atoms with Gasteiger partial charge in [0.1, 0.15) is 17.1 Å². The van der Waals surface area contributed by atoms with E-state index in [1.807, 2.05) is 0 Å². The predicted molar refractivity (Wildman–Crippen MR) is 102 cm³/mol. The summed E-state index contributed by atoms with van der Waals surface area (Å²) in [5.74, 6) is 1.65. The molecule has 2 aromatic heterocycles. The monoisotopic (exact) mass is 352 g/mol. The van der Waals surface area contributed by atoms with Crippen molar-refractivity contribution in [1.82, 2.24) is 9.55 Å². The number of hydrogen-bond donors (Lipinski definition) is 0. The zero-order valence-electron chi connectivity index (χ0n) is 15.5. The molecule has 26 heavy (non-hydrogen) atoms. The average molecular weight is 352 g/mol. The molecule has 0 saturated heterocycles. The van der Waals surface area contributed by atoms with E-state index in [0.29, 0.717) is 11.6 Å². The first-order valence-electron chi connectivity index (χ1n) is 9.51. The molecule has 0 atom stereocenters. The third kappa shape index (κ3) is 3.20. The van der Waals surface area contributed by atoms with Crippen LogP contribution in [-0.4, -0.2) is 9.55 Å². The van der Waals surface area contributed by atoms with E-state index in [-0.39, 0.29) is 5.82 Å². The van der Waals surface area contributed by atoms with Crippen LogP contribution >= 0.6 is 0 Å². The molecular formula is C22H25FN2O. The van der Waals surface area contributed by atoms with Gasteiger partial charge in [-0.25, -0.2) is 9.37 Å². The number of fused-ring (bicyclic) bond motifs is 1. The van der Waals surface area contributed by atoms with E-state index in [2.05, 4.69) is 29.5 Å². The van der Waals surface area contributed by atoms with Crippen molar-refractivity contribution in [2.24, 2.45) is 5.92 Å². The smallest absolute Gasteiger partial charge is 0.244 e. The largest absolute Gasteiger partial charge is 0.437 e. The van der Waals surface area contributed by atoms with E-state index in [9.17, 15) is 4.39 Å². The van der Waals surface area contributed by atoms with Gasteiger partial charge in [0.2, 0.25) is 5.88 Å². The molecule has 136 valence electrons. The Kier molecular flexibility index (Phi) is 4.66. The maximum Gasteiger partial charge on any atom is 0.244 e. The minimum absolute atomic E-state index is 0.268. The fourth-order valence-electron chi connectivity index (χ4n) is 4.11. The molecule has 2 heterocycles. The third-order valence-corrected chi connectivity index (χ3v) is 5.71. The van der Waals surface area contributed by atoms with Crippen LogP contribution in [0.1, 0.15) is 43.4 Å². The quantitative estimate of drug-likeness (QED) is 0.562. The number of hydrogen-bond acceptors (Lipinski definition) is 2. The van der Waals surface area contributed by atoms with Crippen molar-refractivity contribution in [1.29, 1.82) is 0 Å².